The zero-order valence-electron chi connectivity index (χ0n) is 15.7. The van der Waals surface area contributed by atoms with Gasteiger partial charge in [-0.15, -0.1) is 0 Å². The first kappa shape index (κ1) is 17.3. The molecule has 1 atom stereocenters. The third-order valence-corrected chi connectivity index (χ3v) is 6.07. The van der Waals surface area contributed by atoms with Crippen LogP contribution in [-0.4, -0.2) is 41.3 Å². The van der Waals surface area contributed by atoms with Crippen molar-refractivity contribution in [2.24, 2.45) is 5.92 Å². The molecule has 28 heavy (non-hydrogen) atoms. The molecule has 2 heterocycles. The number of carbonyl (C=O) groups is 2. The van der Waals surface area contributed by atoms with E-state index in [1.807, 2.05) is 37.3 Å². The number of aliphatic hydroxyl groups is 1. The number of furan rings is 1. The number of rotatable bonds is 3. The third kappa shape index (κ3) is 2.47. The molecule has 1 aliphatic heterocycles. The molecule has 1 saturated heterocycles. The van der Waals surface area contributed by atoms with E-state index in [1.165, 1.54) is 0 Å². The van der Waals surface area contributed by atoms with E-state index < -0.39 is 11.6 Å². The van der Waals surface area contributed by atoms with Gasteiger partial charge in [0.1, 0.15) is 5.76 Å². The monoisotopic (exact) mass is 375 g/mol. The number of aliphatic hydroxyl groups excluding tert-OH is 1. The minimum absolute atomic E-state index is 0.178. The average Bonchev–Trinajstić information content (AvgIpc) is 3.33. The molecule has 0 saturated carbocycles. The molecule has 5 rings (SSSR count). The number of benzene rings is 2. The van der Waals surface area contributed by atoms with Crippen LogP contribution in [0.2, 0.25) is 0 Å². The molecule has 0 spiro atoms. The Kier molecular flexibility index (Phi) is 3.96. The maximum Gasteiger partial charge on any atom is 0.237 e. The number of nitrogens with zero attached hydrogens (tertiary/aromatic N) is 1. The van der Waals surface area contributed by atoms with Gasteiger partial charge in [0.15, 0.2) is 0 Å². The molecule has 0 amide bonds. The second-order valence-corrected chi connectivity index (χ2v) is 7.85. The molecule has 1 aliphatic carbocycles. The highest BCUT2D eigenvalue weighted by atomic mass is 16.3. The normalized spacial score (nSPS) is 19.3. The van der Waals surface area contributed by atoms with Crippen LogP contribution in [0.5, 0.6) is 0 Å². The van der Waals surface area contributed by atoms with Gasteiger partial charge in [-0.25, -0.2) is 0 Å². The van der Waals surface area contributed by atoms with Crippen molar-refractivity contribution in [3.05, 3.63) is 58.8 Å². The molecule has 2 aliphatic rings. The fourth-order valence-corrected chi connectivity index (χ4v) is 4.58. The molecule has 0 radical (unpaired) electrons. The quantitative estimate of drug-likeness (QED) is 0.708. The average molecular weight is 375 g/mol. The zero-order valence-corrected chi connectivity index (χ0v) is 15.7. The van der Waals surface area contributed by atoms with Gasteiger partial charge in [-0.3, -0.25) is 14.5 Å². The second kappa shape index (κ2) is 6.40. The van der Waals surface area contributed by atoms with E-state index in [9.17, 15) is 14.7 Å². The second-order valence-electron chi connectivity index (χ2n) is 7.85. The molecule has 5 heteroatoms. The number of Topliss-reactive ketones (excluding diaryl/α,β-unsaturated/α-hetero) is 2. The number of hydrogen-bond donors (Lipinski definition) is 1. The van der Waals surface area contributed by atoms with E-state index in [0.29, 0.717) is 29.0 Å². The van der Waals surface area contributed by atoms with E-state index in [1.54, 1.807) is 6.26 Å². The van der Waals surface area contributed by atoms with E-state index in [4.69, 9.17) is 4.42 Å². The van der Waals surface area contributed by atoms with Crippen molar-refractivity contribution in [1.82, 2.24) is 4.90 Å². The summed E-state index contributed by atoms with van der Waals surface area (Å²) in [6.07, 6.45) is 2.55. The minimum Gasteiger partial charge on any atom is -0.463 e. The number of aryl methyl sites for hydroxylation is 1. The lowest BCUT2D eigenvalue weighted by Gasteiger charge is -2.19. The Morgan fingerprint density at radius 3 is 2.71 bits per heavy atom. The predicted molar refractivity (Wildman–Crippen MR) is 106 cm³/mol. The smallest absolute Gasteiger partial charge is 0.237 e. The zero-order chi connectivity index (χ0) is 19.4. The van der Waals surface area contributed by atoms with Crippen molar-refractivity contribution in [1.29, 1.82) is 0 Å². The molecule has 0 bridgehead atoms. The van der Waals surface area contributed by atoms with E-state index >= 15 is 0 Å². The molecule has 5 nitrogen and oxygen atoms in total. The van der Waals surface area contributed by atoms with Gasteiger partial charge < -0.3 is 9.52 Å². The number of carbonyl (C=O) groups excluding carboxylic acids is 2. The lowest BCUT2D eigenvalue weighted by molar-refractivity contribution is 0.0814. The van der Waals surface area contributed by atoms with Crippen LogP contribution in [0.1, 0.15) is 38.3 Å². The molecule has 1 unspecified atom stereocenters. The lowest BCUT2D eigenvalue weighted by Crippen LogP contribution is -2.25. The summed E-state index contributed by atoms with van der Waals surface area (Å²) in [7, 11) is 0. The third-order valence-electron chi connectivity index (χ3n) is 6.07. The van der Waals surface area contributed by atoms with Gasteiger partial charge in [0.2, 0.25) is 11.6 Å². The molecule has 1 N–H and O–H groups in total. The maximum absolute atomic E-state index is 13.1. The topological polar surface area (TPSA) is 70.8 Å². The Labute approximate surface area is 162 Å². The van der Waals surface area contributed by atoms with E-state index in [2.05, 4.69) is 4.90 Å². The number of hydrogen-bond acceptors (Lipinski definition) is 5. The molecule has 142 valence electrons. The maximum atomic E-state index is 13.1. The van der Waals surface area contributed by atoms with Crippen LogP contribution < -0.4 is 0 Å². The van der Waals surface area contributed by atoms with Gasteiger partial charge in [0, 0.05) is 36.4 Å². The van der Waals surface area contributed by atoms with Crippen molar-refractivity contribution in [2.75, 3.05) is 19.7 Å². The summed E-state index contributed by atoms with van der Waals surface area (Å²) >= 11 is 0. The Morgan fingerprint density at radius 2 is 1.93 bits per heavy atom. The highest BCUT2D eigenvalue weighted by molar-refractivity contribution is 6.54. The van der Waals surface area contributed by atoms with Crippen LogP contribution in [0, 0.1) is 12.8 Å². The number of fused-ring (bicyclic) bond motifs is 5. The molecule has 2 aromatic carbocycles. The fraction of sp³-hybridized carbons (Fsp3) is 0.304. The summed E-state index contributed by atoms with van der Waals surface area (Å²) < 4.78 is 5.83. The van der Waals surface area contributed by atoms with Crippen LogP contribution in [0.4, 0.5) is 0 Å². The van der Waals surface area contributed by atoms with Crippen LogP contribution in [0.15, 0.2) is 41.0 Å². The number of ketones is 2. The van der Waals surface area contributed by atoms with Crippen LogP contribution >= 0.6 is 0 Å². The van der Waals surface area contributed by atoms with Crippen LogP contribution in [0.25, 0.3) is 22.1 Å². The van der Waals surface area contributed by atoms with E-state index in [-0.39, 0.29) is 12.5 Å². The predicted octanol–water partition coefficient (Wildman–Crippen LogP) is 3.60. The highest BCUT2D eigenvalue weighted by Gasteiger charge is 2.37. The lowest BCUT2D eigenvalue weighted by atomic mass is 9.83. The fourth-order valence-electron chi connectivity index (χ4n) is 4.58. The van der Waals surface area contributed by atoms with Gasteiger partial charge >= 0.3 is 0 Å². The first-order valence-electron chi connectivity index (χ1n) is 9.63. The van der Waals surface area contributed by atoms with Gasteiger partial charge in [-0.2, -0.15) is 0 Å². The Balaban J connectivity index is 1.61. The summed E-state index contributed by atoms with van der Waals surface area (Å²) in [4.78, 5) is 28.3. The summed E-state index contributed by atoms with van der Waals surface area (Å²) in [6, 6.07) is 9.67. The molecular weight excluding hydrogens is 354 g/mol. The van der Waals surface area contributed by atoms with Crippen LogP contribution in [-0.2, 0) is 6.54 Å². The van der Waals surface area contributed by atoms with Gasteiger partial charge in [0.05, 0.1) is 11.8 Å². The van der Waals surface area contributed by atoms with Gasteiger partial charge in [-0.05, 0) is 48.2 Å². The van der Waals surface area contributed by atoms with Crippen molar-refractivity contribution in [3.63, 3.8) is 0 Å². The van der Waals surface area contributed by atoms with Gasteiger partial charge in [-0.1, -0.05) is 24.3 Å². The van der Waals surface area contributed by atoms with Crippen molar-refractivity contribution >= 4 is 22.3 Å². The van der Waals surface area contributed by atoms with Crippen molar-refractivity contribution in [2.45, 2.75) is 19.9 Å². The largest absolute Gasteiger partial charge is 0.463 e. The Morgan fingerprint density at radius 1 is 1.11 bits per heavy atom. The Hall–Kier alpha value is -2.76. The van der Waals surface area contributed by atoms with Crippen molar-refractivity contribution < 1.29 is 19.1 Å². The summed E-state index contributed by atoms with van der Waals surface area (Å²) in [6.45, 7) is 4.39. The van der Waals surface area contributed by atoms with E-state index in [0.717, 1.165) is 41.4 Å². The standard InChI is InChI=1S/C23H21NO4/c1-13-3-2-4-17-16(13)5-6-18-20(17)22(27)21(26)19-15(12-28-23(18)19)10-24-8-7-14(9-24)11-25/h2-6,12,14,25H,7-11H2,1H3. The molecule has 3 aromatic rings. The van der Waals surface area contributed by atoms with Crippen molar-refractivity contribution in [3.8, 4) is 11.3 Å². The SMILES string of the molecule is Cc1cccc2c3c(ccc12)-c1occ(CN2CCC(CO)C2)c1C(=O)C3=O. The summed E-state index contributed by atoms with van der Waals surface area (Å²) in [5.74, 6) is -0.180. The molecular formula is C23H21NO4. The highest BCUT2D eigenvalue weighted by Crippen LogP contribution is 2.40. The van der Waals surface area contributed by atoms with Gasteiger partial charge in [0.25, 0.3) is 0 Å². The van der Waals surface area contributed by atoms with Crippen LogP contribution in [0.3, 0.4) is 0 Å². The summed E-state index contributed by atoms with van der Waals surface area (Å²) in [5, 5.41) is 11.1. The minimum atomic E-state index is -0.488. The Bertz CT molecular complexity index is 1130. The first-order chi connectivity index (χ1) is 13.6. The molecule has 1 fully saturated rings. The molecule has 1 aromatic heterocycles. The number of likely N-dealkylation sites (tertiary alicyclic amines) is 1. The summed E-state index contributed by atoms with van der Waals surface area (Å²) in [5.41, 5.74) is 3.36. The first-order valence-corrected chi connectivity index (χ1v) is 9.63.